The Morgan fingerprint density at radius 1 is 0.931 bits per heavy atom. The fourth-order valence-corrected chi connectivity index (χ4v) is 4.08. The molecule has 1 atom stereocenters. The molecule has 4 rings (SSSR count). The molecule has 6 nitrogen and oxygen atoms in total. The van der Waals surface area contributed by atoms with Crippen molar-refractivity contribution in [2.75, 3.05) is 49.6 Å². The summed E-state index contributed by atoms with van der Waals surface area (Å²) in [5, 5.41) is 0. The monoisotopic (exact) mass is 393 g/mol. The number of benzene rings is 2. The summed E-state index contributed by atoms with van der Waals surface area (Å²) in [6.45, 7) is 5.44. The summed E-state index contributed by atoms with van der Waals surface area (Å²) in [6, 6.07) is 15.9. The van der Waals surface area contributed by atoms with Gasteiger partial charge in [-0.05, 0) is 43.3 Å². The molecule has 29 heavy (non-hydrogen) atoms. The van der Waals surface area contributed by atoms with Crippen molar-refractivity contribution >= 4 is 23.2 Å². The maximum atomic E-state index is 13.0. The van der Waals surface area contributed by atoms with E-state index in [2.05, 4.69) is 4.90 Å². The lowest BCUT2D eigenvalue weighted by molar-refractivity contribution is -0.136. The van der Waals surface area contributed by atoms with Crippen LogP contribution in [-0.4, -0.2) is 56.5 Å². The van der Waals surface area contributed by atoms with Crippen LogP contribution in [0.15, 0.2) is 48.5 Å². The van der Waals surface area contributed by atoms with Crippen LogP contribution in [0, 0.1) is 12.8 Å². The van der Waals surface area contributed by atoms with E-state index in [0.717, 1.165) is 35.8 Å². The third kappa shape index (κ3) is 4.06. The van der Waals surface area contributed by atoms with Crippen LogP contribution >= 0.6 is 0 Å². The highest BCUT2D eigenvalue weighted by atomic mass is 16.5. The van der Waals surface area contributed by atoms with Crippen molar-refractivity contribution in [2.45, 2.75) is 13.3 Å². The van der Waals surface area contributed by atoms with Crippen molar-refractivity contribution in [2.24, 2.45) is 5.92 Å². The highest BCUT2D eigenvalue weighted by Gasteiger charge is 2.37. The number of methoxy groups -OCH3 is 1. The fraction of sp³-hybridized carbons (Fsp3) is 0.391. The maximum absolute atomic E-state index is 13.0. The van der Waals surface area contributed by atoms with E-state index >= 15 is 0 Å². The Balaban J connectivity index is 1.34. The van der Waals surface area contributed by atoms with Crippen LogP contribution in [0.4, 0.5) is 11.4 Å². The van der Waals surface area contributed by atoms with Crippen LogP contribution in [0.25, 0.3) is 0 Å². The van der Waals surface area contributed by atoms with Gasteiger partial charge in [0.2, 0.25) is 11.8 Å². The van der Waals surface area contributed by atoms with E-state index in [1.54, 1.807) is 12.0 Å². The topological polar surface area (TPSA) is 53.1 Å². The number of hydrogen-bond acceptors (Lipinski definition) is 4. The molecule has 0 unspecified atom stereocenters. The molecular weight excluding hydrogens is 366 g/mol. The molecular formula is C23H27N3O3. The first-order valence-electron chi connectivity index (χ1n) is 10.1. The van der Waals surface area contributed by atoms with Crippen LogP contribution in [0.1, 0.15) is 12.0 Å². The number of carbonyl (C=O) groups excluding carboxylic acids is 2. The summed E-state index contributed by atoms with van der Waals surface area (Å²) in [4.78, 5) is 31.4. The lowest BCUT2D eigenvalue weighted by Gasteiger charge is -2.37. The van der Waals surface area contributed by atoms with Crippen LogP contribution in [0.2, 0.25) is 0 Å². The van der Waals surface area contributed by atoms with Crippen LogP contribution in [0.3, 0.4) is 0 Å². The predicted molar refractivity (Wildman–Crippen MR) is 113 cm³/mol. The van der Waals surface area contributed by atoms with E-state index in [1.807, 2.05) is 60.4 Å². The van der Waals surface area contributed by atoms with Gasteiger partial charge in [0.1, 0.15) is 5.75 Å². The van der Waals surface area contributed by atoms with E-state index in [-0.39, 0.29) is 17.7 Å². The minimum Gasteiger partial charge on any atom is -0.497 e. The molecule has 2 aliphatic heterocycles. The van der Waals surface area contributed by atoms with Gasteiger partial charge in [0.25, 0.3) is 0 Å². The third-order valence-corrected chi connectivity index (χ3v) is 5.85. The fourth-order valence-electron chi connectivity index (χ4n) is 4.08. The number of amides is 2. The average molecular weight is 393 g/mol. The van der Waals surface area contributed by atoms with E-state index in [4.69, 9.17) is 4.74 Å². The third-order valence-electron chi connectivity index (χ3n) is 5.85. The molecule has 2 aromatic carbocycles. The van der Waals surface area contributed by atoms with Gasteiger partial charge in [-0.25, -0.2) is 0 Å². The highest BCUT2D eigenvalue weighted by molar-refractivity contribution is 6.00. The van der Waals surface area contributed by atoms with Crippen LogP contribution in [0.5, 0.6) is 5.75 Å². The number of nitrogens with zero attached hydrogens (tertiary/aromatic N) is 3. The molecule has 0 bridgehead atoms. The first kappa shape index (κ1) is 19.3. The minimum atomic E-state index is -0.253. The van der Waals surface area contributed by atoms with Gasteiger partial charge in [0.15, 0.2) is 0 Å². The zero-order valence-electron chi connectivity index (χ0n) is 17.0. The molecule has 2 saturated heterocycles. The molecule has 6 heteroatoms. The lowest BCUT2D eigenvalue weighted by Crippen LogP contribution is -2.50. The standard InChI is InChI=1S/C23H27N3O3/c1-17-3-5-20(6-4-17)26-16-18(15-22(26)27)23(28)25-13-11-24(12-14-25)19-7-9-21(29-2)10-8-19/h3-10,18H,11-16H2,1-2H3/t18-/m0/s1. The Hall–Kier alpha value is -3.02. The van der Waals surface area contributed by atoms with Gasteiger partial charge in [-0.2, -0.15) is 0 Å². The predicted octanol–water partition coefficient (Wildman–Crippen LogP) is 2.71. The Labute approximate surface area is 171 Å². The van der Waals surface area contributed by atoms with Gasteiger partial charge >= 0.3 is 0 Å². The summed E-state index contributed by atoms with van der Waals surface area (Å²) in [6.07, 6.45) is 0.297. The zero-order chi connectivity index (χ0) is 20.4. The molecule has 0 spiro atoms. The second kappa shape index (κ2) is 8.15. The van der Waals surface area contributed by atoms with Crippen molar-refractivity contribution in [3.63, 3.8) is 0 Å². The number of hydrogen-bond donors (Lipinski definition) is 0. The molecule has 152 valence electrons. The first-order valence-corrected chi connectivity index (χ1v) is 10.1. The maximum Gasteiger partial charge on any atom is 0.228 e. The van der Waals surface area contributed by atoms with E-state index in [1.165, 1.54) is 0 Å². The largest absolute Gasteiger partial charge is 0.497 e. The van der Waals surface area contributed by atoms with Crippen molar-refractivity contribution < 1.29 is 14.3 Å². The Morgan fingerprint density at radius 2 is 1.55 bits per heavy atom. The zero-order valence-corrected chi connectivity index (χ0v) is 17.0. The number of anilines is 2. The lowest BCUT2D eigenvalue weighted by atomic mass is 10.1. The normalized spacial score (nSPS) is 19.6. The molecule has 2 heterocycles. The molecule has 2 fully saturated rings. The van der Waals surface area contributed by atoms with Crippen molar-refractivity contribution in [3.05, 3.63) is 54.1 Å². The molecule has 0 aromatic heterocycles. The van der Waals surface area contributed by atoms with Gasteiger partial charge in [-0.3, -0.25) is 9.59 Å². The molecule has 0 saturated carbocycles. The summed E-state index contributed by atoms with van der Waals surface area (Å²) < 4.78 is 5.21. The van der Waals surface area contributed by atoms with Crippen LogP contribution < -0.4 is 14.5 Å². The van der Waals surface area contributed by atoms with E-state index in [0.29, 0.717) is 26.1 Å². The first-order chi connectivity index (χ1) is 14.0. The van der Waals surface area contributed by atoms with E-state index < -0.39 is 0 Å². The van der Waals surface area contributed by atoms with Gasteiger partial charge in [-0.15, -0.1) is 0 Å². The summed E-state index contributed by atoms with van der Waals surface area (Å²) in [7, 11) is 1.66. The Kier molecular flexibility index (Phi) is 5.43. The second-order valence-electron chi connectivity index (χ2n) is 7.75. The Morgan fingerprint density at radius 3 is 2.17 bits per heavy atom. The van der Waals surface area contributed by atoms with E-state index in [9.17, 15) is 9.59 Å². The number of piperazine rings is 1. The molecule has 2 amide bonds. The highest BCUT2D eigenvalue weighted by Crippen LogP contribution is 2.27. The Bertz CT molecular complexity index is 871. The number of carbonyl (C=O) groups is 2. The van der Waals surface area contributed by atoms with Gasteiger partial charge in [0.05, 0.1) is 13.0 Å². The molecule has 2 aromatic rings. The molecule has 0 radical (unpaired) electrons. The van der Waals surface area contributed by atoms with Gasteiger partial charge in [0, 0.05) is 50.5 Å². The number of rotatable bonds is 4. The minimum absolute atomic E-state index is 0.0315. The second-order valence-corrected chi connectivity index (χ2v) is 7.75. The smallest absolute Gasteiger partial charge is 0.228 e. The number of aryl methyl sites for hydroxylation is 1. The van der Waals surface area contributed by atoms with Gasteiger partial charge < -0.3 is 19.4 Å². The molecule has 0 N–H and O–H groups in total. The number of ether oxygens (including phenoxy) is 1. The average Bonchev–Trinajstić information content (AvgIpc) is 3.15. The quantitative estimate of drug-likeness (QED) is 0.802. The van der Waals surface area contributed by atoms with Crippen LogP contribution in [-0.2, 0) is 9.59 Å². The SMILES string of the molecule is COc1ccc(N2CCN(C(=O)[C@H]3CC(=O)N(c4ccc(C)cc4)C3)CC2)cc1. The molecule has 2 aliphatic rings. The summed E-state index contributed by atoms with van der Waals surface area (Å²) >= 11 is 0. The summed E-state index contributed by atoms with van der Waals surface area (Å²) in [5.41, 5.74) is 3.17. The van der Waals surface area contributed by atoms with Gasteiger partial charge in [-0.1, -0.05) is 17.7 Å². The van der Waals surface area contributed by atoms with Crippen molar-refractivity contribution in [1.82, 2.24) is 4.90 Å². The summed E-state index contributed by atoms with van der Waals surface area (Å²) in [5.74, 6) is 0.717. The molecule has 0 aliphatic carbocycles. The van der Waals surface area contributed by atoms with Crippen molar-refractivity contribution in [3.8, 4) is 5.75 Å². The van der Waals surface area contributed by atoms with Crippen molar-refractivity contribution in [1.29, 1.82) is 0 Å².